The van der Waals surface area contributed by atoms with E-state index in [9.17, 15) is 9.18 Å². The van der Waals surface area contributed by atoms with E-state index in [-0.39, 0.29) is 23.7 Å². The fraction of sp³-hybridized carbons (Fsp3) is 0.471. The van der Waals surface area contributed by atoms with Crippen molar-refractivity contribution >= 4 is 5.91 Å². The lowest BCUT2D eigenvalue weighted by atomic mass is 10.0. The van der Waals surface area contributed by atoms with E-state index in [1.165, 1.54) is 12.4 Å². The van der Waals surface area contributed by atoms with Gasteiger partial charge in [0.05, 0.1) is 12.6 Å². The zero-order valence-corrected chi connectivity index (χ0v) is 13.8. The van der Waals surface area contributed by atoms with Crippen LogP contribution in [-0.4, -0.2) is 26.7 Å². The van der Waals surface area contributed by atoms with E-state index in [1.54, 1.807) is 30.1 Å². The topological polar surface area (TPSA) is 59.8 Å². The second-order valence-electron chi connectivity index (χ2n) is 6.12. The lowest BCUT2D eigenvalue weighted by molar-refractivity contribution is -0.122. The summed E-state index contributed by atoms with van der Waals surface area (Å²) in [6.45, 7) is 6.45. The maximum atomic E-state index is 13.2. The van der Waals surface area contributed by atoms with Crippen LogP contribution in [0.25, 0.3) is 0 Å². The number of aryl methyl sites for hydroxylation is 2. The van der Waals surface area contributed by atoms with Gasteiger partial charge in [-0.05, 0) is 36.5 Å². The molecular formula is C17H23FN4O. The summed E-state index contributed by atoms with van der Waals surface area (Å²) in [5.74, 6) is 0.0629. The lowest BCUT2D eigenvalue weighted by Crippen LogP contribution is -2.41. The fourth-order valence-electron chi connectivity index (χ4n) is 2.35. The Morgan fingerprint density at radius 1 is 1.39 bits per heavy atom. The van der Waals surface area contributed by atoms with Crippen LogP contribution in [0.5, 0.6) is 0 Å². The average molecular weight is 318 g/mol. The molecule has 0 aliphatic carbocycles. The van der Waals surface area contributed by atoms with Crippen LogP contribution in [0.2, 0.25) is 0 Å². The van der Waals surface area contributed by atoms with E-state index in [0.717, 1.165) is 5.56 Å². The van der Waals surface area contributed by atoms with E-state index < -0.39 is 0 Å². The van der Waals surface area contributed by atoms with Crippen molar-refractivity contribution in [1.29, 1.82) is 0 Å². The molecule has 124 valence electrons. The summed E-state index contributed by atoms with van der Waals surface area (Å²) in [6.07, 6.45) is 4.10. The summed E-state index contributed by atoms with van der Waals surface area (Å²) in [6, 6.07) is 4.96. The van der Waals surface area contributed by atoms with Gasteiger partial charge in [-0.3, -0.25) is 9.48 Å². The average Bonchev–Trinajstić information content (AvgIpc) is 3.01. The SMILES string of the molecule is Cc1cc(CCC(=O)NC(Cn2cncn2)C(C)C)ccc1F. The number of aromatic nitrogens is 3. The molecule has 2 rings (SSSR count). The Morgan fingerprint density at radius 3 is 2.78 bits per heavy atom. The highest BCUT2D eigenvalue weighted by Gasteiger charge is 2.17. The summed E-state index contributed by atoms with van der Waals surface area (Å²) < 4.78 is 15.0. The van der Waals surface area contributed by atoms with Gasteiger partial charge in [-0.2, -0.15) is 5.10 Å². The Kier molecular flexibility index (Phi) is 5.84. The van der Waals surface area contributed by atoms with Gasteiger partial charge >= 0.3 is 0 Å². The molecule has 1 atom stereocenters. The number of hydrogen-bond donors (Lipinski definition) is 1. The number of rotatable bonds is 7. The first-order valence-electron chi connectivity index (χ1n) is 7.82. The largest absolute Gasteiger partial charge is 0.351 e. The minimum absolute atomic E-state index is 0.000783. The third-order valence-corrected chi connectivity index (χ3v) is 3.86. The van der Waals surface area contributed by atoms with Gasteiger partial charge in [-0.15, -0.1) is 0 Å². The van der Waals surface area contributed by atoms with E-state index in [0.29, 0.717) is 24.9 Å². The third kappa shape index (κ3) is 5.16. The van der Waals surface area contributed by atoms with Crippen LogP contribution in [0.15, 0.2) is 30.9 Å². The number of carbonyl (C=O) groups is 1. The monoisotopic (exact) mass is 318 g/mol. The van der Waals surface area contributed by atoms with Crippen molar-refractivity contribution in [3.63, 3.8) is 0 Å². The minimum Gasteiger partial charge on any atom is -0.351 e. The van der Waals surface area contributed by atoms with Crippen molar-refractivity contribution < 1.29 is 9.18 Å². The Balaban J connectivity index is 1.87. The van der Waals surface area contributed by atoms with Gasteiger partial charge in [0.25, 0.3) is 0 Å². The Labute approximate surface area is 135 Å². The molecule has 0 aliphatic rings. The predicted molar refractivity (Wildman–Crippen MR) is 86.2 cm³/mol. The summed E-state index contributed by atoms with van der Waals surface area (Å²) in [5, 5.41) is 7.13. The maximum absolute atomic E-state index is 13.2. The molecule has 0 spiro atoms. The van der Waals surface area contributed by atoms with Gasteiger partial charge in [0.2, 0.25) is 5.91 Å². The molecule has 1 aromatic heterocycles. The Hall–Kier alpha value is -2.24. The van der Waals surface area contributed by atoms with Crippen LogP contribution in [0.4, 0.5) is 4.39 Å². The fourth-order valence-corrected chi connectivity index (χ4v) is 2.35. The van der Waals surface area contributed by atoms with E-state index in [4.69, 9.17) is 0 Å². The molecule has 0 saturated carbocycles. The highest BCUT2D eigenvalue weighted by Crippen LogP contribution is 2.11. The zero-order chi connectivity index (χ0) is 16.8. The van der Waals surface area contributed by atoms with Crippen molar-refractivity contribution in [2.45, 2.75) is 46.2 Å². The van der Waals surface area contributed by atoms with Crippen LogP contribution >= 0.6 is 0 Å². The van der Waals surface area contributed by atoms with Crippen LogP contribution in [0.1, 0.15) is 31.4 Å². The van der Waals surface area contributed by atoms with Crippen LogP contribution in [0.3, 0.4) is 0 Å². The van der Waals surface area contributed by atoms with Crippen LogP contribution < -0.4 is 5.32 Å². The first kappa shape index (κ1) is 17.1. The number of halogens is 1. The van der Waals surface area contributed by atoms with Crippen molar-refractivity contribution in [2.75, 3.05) is 0 Å². The number of carbonyl (C=O) groups excluding carboxylic acids is 1. The minimum atomic E-state index is -0.217. The lowest BCUT2D eigenvalue weighted by Gasteiger charge is -2.22. The van der Waals surface area contributed by atoms with Gasteiger partial charge in [0.1, 0.15) is 18.5 Å². The first-order chi connectivity index (χ1) is 11.0. The molecule has 6 heteroatoms. The van der Waals surface area contributed by atoms with Crippen molar-refractivity contribution in [2.24, 2.45) is 5.92 Å². The molecule has 23 heavy (non-hydrogen) atoms. The van der Waals surface area contributed by atoms with Gasteiger partial charge in [0, 0.05) is 6.42 Å². The van der Waals surface area contributed by atoms with Crippen molar-refractivity contribution in [1.82, 2.24) is 20.1 Å². The predicted octanol–water partition coefficient (Wildman–Crippen LogP) is 2.50. The number of benzene rings is 1. The molecule has 1 unspecified atom stereocenters. The Morgan fingerprint density at radius 2 is 2.17 bits per heavy atom. The molecule has 1 aromatic carbocycles. The van der Waals surface area contributed by atoms with Crippen molar-refractivity contribution in [3.8, 4) is 0 Å². The molecule has 0 aliphatic heterocycles. The molecule has 2 aromatic rings. The quantitative estimate of drug-likeness (QED) is 0.853. The number of amides is 1. The third-order valence-electron chi connectivity index (χ3n) is 3.86. The van der Waals surface area contributed by atoms with Crippen LogP contribution in [-0.2, 0) is 17.8 Å². The molecule has 0 bridgehead atoms. The number of nitrogens with one attached hydrogen (secondary N) is 1. The highest BCUT2D eigenvalue weighted by atomic mass is 19.1. The second-order valence-corrected chi connectivity index (χ2v) is 6.12. The van der Waals surface area contributed by atoms with Gasteiger partial charge < -0.3 is 5.32 Å². The molecule has 0 saturated heterocycles. The maximum Gasteiger partial charge on any atom is 0.220 e. The van der Waals surface area contributed by atoms with Crippen molar-refractivity contribution in [3.05, 3.63) is 47.8 Å². The number of nitrogens with zero attached hydrogens (tertiary/aromatic N) is 3. The number of hydrogen-bond acceptors (Lipinski definition) is 3. The van der Waals surface area contributed by atoms with Gasteiger partial charge in [-0.25, -0.2) is 9.37 Å². The second kappa shape index (κ2) is 7.85. The first-order valence-corrected chi connectivity index (χ1v) is 7.82. The van der Waals surface area contributed by atoms with Crippen LogP contribution in [0, 0.1) is 18.7 Å². The molecule has 1 amide bonds. The summed E-state index contributed by atoms with van der Waals surface area (Å²) >= 11 is 0. The van der Waals surface area contributed by atoms with E-state index >= 15 is 0 Å². The molecule has 1 heterocycles. The molecule has 0 radical (unpaired) electrons. The normalized spacial score (nSPS) is 12.4. The molecular weight excluding hydrogens is 295 g/mol. The molecule has 1 N–H and O–H groups in total. The summed E-state index contributed by atoms with van der Waals surface area (Å²) in [5.41, 5.74) is 1.57. The smallest absolute Gasteiger partial charge is 0.220 e. The molecule has 0 fully saturated rings. The standard InChI is InChI=1S/C17H23FN4O/c1-12(2)16(9-22-11-19-10-20-22)21-17(23)7-5-14-4-6-15(18)13(3)8-14/h4,6,8,10-12,16H,5,7,9H2,1-3H3,(H,21,23). The summed E-state index contributed by atoms with van der Waals surface area (Å²) in [7, 11) is 0. The Bertz CT molecular complexity index is 640. The zero-order valence-electron chi connectivity index (χ0n) is 13.8. The van der Waals surface area contributed by atoms with E-state index in [1.807, 2.05) is 0 Å². The highest BCUT2D eigenvalue weighted by molar-refractivity contribution is 5.76. The summed E-state index contributed by atoms with van der Waals surface area (Å²) in [4.78, 5) is 16.1. The van der Waals surface area contributed by atoms with E-state index in [2.05, 4.69) is 29.2 Å². The van der Waals surface area contributed by atoms with Gasteiger partial charge in [0.15, 0.2) is 0 Å². The van der Waals surface area contributed by atoms with Gasteiger partial charge in [-0.1, -0.05) is 26.0 Å². The molecule has 5 nitrogen and oxygen atoms in total.